The van der Waals surface area contributed by atoms with Gasteiger partial charge >= 0.3 is 0 Å². The minimum Gasteiger partial charge on any atom is -0.378 e. The maximum absolute atomic E-state index is 12.3. The van der Waals surface area contributed by atoms with Crippen molar-refractivity contribution in [2.45, 2.75) is 6.92 Å². The molecule has 3 rings (SSSR count). The predicted molar refractivity (Wildman–Crippen MR) is 86.4 cm³/mol. The lowest BCUT2D eigenvalue weighted by atomic mass is 10.2. The second kappa shape index (κ2) is 6.58. The molecule has 0 atom stereocenters. The topological polar surface area (TPSA) is 54.5 Å². The lowest BCUT2D eigenvalue weighted by Gasteiger charge is -2.27. The van der Waals surface area contributed by atoms with Crippen LogP contribution in [-0.4, -0.2) is 37.2 Å². The largest absolute Gasteiger partial charge is 0.378 e. The van der Waals surface area contributed by atoms with Crippen molar-refractivity contribution in [1.29, 1.82) is 0 Å². The number of hydrogen-bond acceptors (Lipinski definition) is 4. The Morgan fingerprint density at radius 1 is 1.18 bits per heavy atom. The minimum absolute atomic E-state index is 0.143. The molecule has 5 nitrogen and oxygen atoms in total. The normalized spacial score (nSPS) is 14.7. The van der Waals surface area contributed by atoms with E-state index in [0.717, 1.165) is 43.4 Å². The number of pyridine rings is 1. The molecule has 0 radical (unpaired) electrons. The van der Waals surface area contributed by atoms with E-state index in [1.165, 1.54) is 0 Å². The maximum atomic E-state index is 12.3. The fourth-order valence-electron chi connectivity index (χ4n) is 2.41. The van der Waals surface area contributed by atoms with Crippen molar-refractivity contribution < 1.29 is 9.53 Å². The van der Waals surface area contributed by atoms with E-state index in [1.54, 1.807) is 6.20 Å². The summed E-state index contributed by atoms with van der Waals surface area (Å²) in [6.07, 6.45) is 1.62. The van der Waals surface area contributed by atoms with Gasteiger partial charge in [-0.2, -0.15) is 0 Å². The van der Waals surface area contributed by atoms with E-state index < -0.39 is 0 Å². The molecular weight excluding hydrogens is 278 g/mol. The second-order valence-corrected chi connectivity index (χ2v) is 5.27. The first-order chi connectivity index (χ1) is 10.7. The van der Waals surface area contributed by atoms with Crippen molar-refractivity contribution in [3.63, 3.8) is 0 Å². The molecule has 0 bridgehead atoms. The average molecular weight is 297 g/mol. The highest BCUT2D eigenvalue weighted by atomic mass is 16.5. The number of nitrogens with zero attached hydrogens (tertiary/aromatic N) is 2. The van der Waals surface area contributed by atoms with Crippen molar-refractivity contribution in [2.75, 3.05) is 36.5 Å². The van der Waals surface area contributed by atoms with Gasteiger partial charge in [0, 0.05) is 25.0 Å². The zero-order chi connectivity index (χ0) is 15.4. The number of hydrogen-bond donors (Lipinski definition) is 1. The van der Waals surface area contributed by atoms with E-state index in [4.69, 9.17) is 4.74 Å². The van der Waals surface area contributed by atoms with Gasteiger partial charge in [0.05, 0.1) is 18.8 Å². The number of amides is 1. The van der Waals surface area contributed by atoms with Crippen LogP contribution in [0.25, 0.3) is 0 Å². The Labute approximate surface area is 129 Å². The minimum atomic E-state index is -0.143. The fraction of sp³-hybridized carbons (Fsp3) is 0.294. The van der Waals surface area contributed by atoms with Crippen LogP contribution in [0.5, 0.6) is 0 Å². The van der Waals surface area contributed by atoms with E-state index in [9.17, 15) is 4.79 Å². The van der Waals surface area contributed by atoms with Crippen molar-refractivity contribution in [1.82, 2.24) is 4.98 Å². The quantitative estimate of drug-likeness (QED) is 0.945. The third kappa shape index (κ3) is 3.26. The molecule has 1 amide bonds. The van der Waals surface area contributed by atoms with Gasteiger partial charge in [-0.25, -0.2) is 4.98 Å². The van der Waals surface area contributed by atoms with Gasteiger partial charge in [-0.3, -0.25) is 4.79 Å². The standard InChI is InChI=1S/C17H19N3O2/c1-13-4-2-3-5-15(13)19-17(21)14-6-7-16(18-12-14)20-8-10-22-11-9-20/h2-7,12H,8-11H2,1H3,(H,19,21). The average Bonchev–Trinajstić information content (AvgIpc) is 2.58. The summed E-state index contributed by atoms with van der Waals surface area (Å²) in [7, 11) is 0. The summed E-state index contributed by atoms with van der Waals surface area (Å²) >= 11 is 0. The third-order valence-electron chi connectivity index (χ3n) is 3.74. The van der Waals surface area contributed by atoms with Crippen LogP contribution in [0.2, 0.25) is 0 Å². The summed E-state index contributed by atoms with van der Waals surface area (Å²) in [5, 5.41) is 2.91. The number of para-hydroxylation sites is 1. The smallest absolute Gasteiger partial charge is 0.257 e. The highest BCUT2D eigenvalue weighted by molar-refractivity contribution is 6.04. The van der Waals surface area contributed by atoms with Crippen molar-refractivity contribution in [3.8, 4) is 0 Å². The summed E-state index contributed by atoms with van der Waals surface area (Å²) in [5.41, 5.74) is 2.42. The number of nitrogens with one attached hydrogen (secondary N) is 1. The molecule has 1 aliphatic rings. The van der Waals surface area contributed by atoms with Crippen LogP contribution in [0.1, 0.15) is 15.9 Å². The van der Waals surface area contributed by atoms with Gasteiger partial charge in [0.25, 0.3) is 5.91 Å². The Balaban J connectivity index is 1.69. The summed E-state index contributed by atoms with van der Waals surface area (Å²) in [6, 6.07) is 11.4. The Bertz CT molecular complexity index is 649. The van der Waals surface area contributed by atoms with Gasteiger partial charge in [0.15, 0.2) is 0 Å². The Hall–Kier alpha value is -2.40. The fourth-order valence-corrected chi connectivity index (χ4v) is 2.41. The molecule has 1 aliphatic heterocycles. The second-order valence-electron chi connectivity index (χ2n) is 5.27. The summed E-state index contributed by atoms with van der Waals surface area (Å²) < 4.78 is 5.33. The van der Waals surface area contributed by atoms with Crippen molar-refractivity contribution >= 4 is 17.4 Å². The lowest BCUT2D eigenvalue weighted by Crippen LogP contribution is -2.36. The van der Waals surface area contributed by atoms with Crippen LogP contribution >= 0.6 is 0 Å². The number of aryl methyl sites for hydroxylation is 1. The SMILES string of the molecule is Cc1ccccc1NC(=O)c1ccc(N2CCOCC2)nc1. The lowest BCUT2D eigenvalue weighted by molar-refractivity contribution is 0.102. The van der Waals surface area contributed by atoms with Gasteiger partial charge in [-0.05, 0) is 30.7 Å². The van der Waals surface area contributed by atoms with E-state index in [0.29, 0.717) is 5.56 Å². The molecule has 2 aromatic rings. The number of aromatic nitrogens is 1. The number of carbonyl (C=O) groups is 1. The van der Waals surface area contributed by atoms with Crippen LogP contribution in [0.4, 0.5) is 11.5 Å². The van der Waals surface area contributed by atoms with Crippen molar-refractivity contribution in [2.24, 2.45) is 0 Å². The van der Waals surface area contributed by atoms with Crippen LogP contribution in [0, 0.1) is 6.92 Å². The zero-order valence-electron chi connectivity index (χ0n) is 12.6. The number of morpholine rings is 1. The monoisotopic (exact) mass is 297 g/mol. The van der Waals surface area contributed by atoms with Crippen LogP contribution in [0.15, 0.2) is 42.6 Å². The molecule has 22 heavy (non-hydrogen) atoms. The first-order valence-corrected chi connectivity index (χ1v) is 7.40. The van der Waals surface area contributed by atoms with Gasteiger partial charge in [-0.15, -0.1) is 0 Å². The number of carbonyl (C=O) groups excluding carboxylic acids is 1. The molecule has 1 aromatic heterocycles. The van der Waals surface area contributed by atoms with E-state index >= 15 is 0 Å². The van der Waals surface area contributed by atoms with Crippen LogP contribution in [-0.2, 0) is 4.74 Å². The molecule has 2 heterocycles. The van der Waals surface area contributed by atoms with Crippen LogP contribution < -0.4 is 10.2 Å². The molecule has 0 aliphatic carbocycles. The third-order valence-corrected chi connectivity index (χ3v) is 3.74. The summed E-state index contributed by atoms with van der Waals surface area (Å²) in [6.45, 7) is 5.08. The zero-order valence-corrected chi connectivity index (χ0v) is 12.6. The van der Waals surface area contributed by atoms with Crippen LogP contribution in [0.3, 0.4) is 0 Å². The highest BCUT2D eigenvalue weighted by Crippen LogP contribution is 2.16. The van der Waals surface area contributed by atoms with E-state index in [2.05, 4.69) is 15.2 Å². The predicted octanol–water partition coefficient (Wildman–Crippen LogP) is 2.48. The summed E-state index contributed by atoms with van der Waals surface area (Å²) in [5.74, 6) is 0.742. The molecule has 0 spiro atoms. The Morgan fingerprint density at radius 2 is 1.95 bits per heavy atom. The summed E-state index contributed by atoms with van der Waals surface area (Å²) in [4.78, 5) is 18.8. The number of anilines is 2. The molecule has 1 saturated heterocycles. The molecule has 0 saturated carbocycles. The number of rotatable bonds is 3. The molecule has 0 unspecified atom stereocenters. The van der Waals surface area contributed by atoms with Gasteiger partial charge < -0.3 is 15.0 Å². The molecule has 1 fully saturated rings. The van der Waals surface area contributed by atoms with E-state index in [-0.39, 0.29) is 5.91 Å². The van der Waals surface area contributed by atoms with Gasteiger partial charge in [0.1, 0.15) is 5.82 Å². The van der Waals surface area contributed by atoms with Gasteiger partial charge in [0.2, 0.25) is 0 Å². The Morgan fingerprint density at radius 3 is 2.64 bits per heavy atom. The molecule has 1 aromatic carbocycles. The van der Waals surface area contributed by atoms with Gasteiger partial charge in [-0.1, -0.05) is 18.2 Å². The number of benzene rings is 1. The van der Waals surface area contributed by atoms with Crippen molar-refractivity contribution in [3.05, 3.63) is 53.7 Å². The molecular formula is C17H19N3O2. The highest BCUT2D eigenvalue weighted by Gasteiger charge is 2.13. The first kappa shape index (κ1) is 14.5. The van der Waals surface area contributed by atoms with E-state index in [1.807, 2.05) is 43.3 Å². The molecule has 1 N–H and O–H groups in total. The number of ether oxygens (including phenoxy) is 1. The molecule has 114 valence electrons. The molecule has 5 heteroatoms. The maximum Gasteiger partial charge on any atom is 0.257 e. The first-order valence-electron chi connectivity index (χ1n) is 7.40. The Kier molecular flexibility index (Phi) is 4.34.